The summed E-state index contributed by atoms with van der Waals surface area (Å²) in [6, 6.07) is 13.0. The maximum atomic E-state index is 12.3. The van der Waals surface area contributed by atoms with Gasteiger partial charge in [0.1, 0.15) is 6.54 Å². The van der Waals surface area contributed by atoms with Gasteiger partial charge in [-0.05, 0) is 24.3 Å². The quantitative estimate of drug-likeness (QED) is 0.371. The molecule has 0 fully saturated rings. The standard InChI is InChI=1S/C18H17N5O4/c24-17(11-22-12-21-16-4-2-1-3-15(16)18(22)25)20-10-9-19-13-5-7-14(8-6-13)23(26)27/h1-8,12,19H,9-11H2,(H,20,24). The largest absolute Gasteiger partial charge is 0.383 e. The highest BCUT2D eigenvalue weighted by molar-refractivity contribution is 5.78. The Balaban J connectivity index is 1.49. The van der Waals surface area contributed by atoms with Crippen molar-refractivity contribution in [1.29, 1.82) is 0 Å². The molecule has 3 aromatic rings. The molecule has 1 aromatic heterocycles. The van der Waals surface area contributed by atoms with Gasteiger partial charge in [-0.25, -0.2) is 4.98 Å². The van der Waals surface area contributed by atoms with Gasteiger partial charge >= 0.3 is 0 Å². The second-order valence-electron chi connectivity index (χ2n) is 5.78. The number of hydrogen-bond donors (Lipinski definition) is 2. The van der Waals surface area contributed by atoms with Crippen LogP contribution in [0.5, 0.6) is 0 Å². The van der Waals surface area contributed by atoms with E-state index in [2.05, 4.69) is 15.6 Å². The Morgan fingerprint density at radius 2 is 1.85 bits per heavy atom. The lowest BCUT2D eigenvalue weighted by atomic mass is 10.2. The van der Waals surface area contributed by atoms with Crippen LogP contribution >= 0.6 is 0 Å². The smallest absolute Gasteiger partial charge is 0.269 e. The predicted molar refractivity (Wildman–Crippen MR) is 101 cm³/mol. The summed E-state index contributed by atoms with van der Waals surface area (Å²) in [5.41, 5.74) is 1.05. The van der Waals surface area contributed by atoms with Crippen LogP contribution in [0, 0.1) is 10.1 Å². The zero-order valence-electron chi connectivity index (χ0n) is 14.3. The van der Waals surface area contributed by atoms with E-state index in [0.29, 0.717) is 29.7 Å². The van der Waals surface area contributed by atoms with Crippen LogP contribution in [-0.4, -0.2) is 33.5 Å². The van der Waals surface area contributed by atoms with Crippen molar-refractivity contribution in [2.24, 2.45) is 0 Å². The number of aromatic nitrogens is 2. The first-order valence-electron chi connectivity index (χ1n) is 8.24. The van der Waals surface area contributed by atoms with Crippen LogP contribution < -0.4 is 16.2 Å². The minimum atomic E-state index is -0.465. The third kappa shape index (κ3) is 4.46. The highest BCUT2D eigenvalue weighted by atomic mass is 16.6. The maximum Gasteiger partial charge on any atom is 0.269 e. The first-order chi connectivity index (χ1) is 13.0. The number of nitrogens with zero attached hydrogens (tertiary/aromatic N) is 3. The van der Waals surface area contributed by atoms with Gasteiger partial charge in [0.05, 0.1) is 22.2 Å². The Labute approximate surface area is 153 Å². The lowest BCUT2D eigenvalue weighted by Crippen LogP contribution is -2.34. The fraction of sp³-hybridized carbons (Fsp3) is 0.167. The van der Waals surface area contributed by atoms with Crippen LogP contribution in [0.15, 0.2) is 59.7 Å². The van der Waals surface area contributed by atoms with E-state index in [-0.39, 0.29) is 23.7 Å². The molecular weight excluding hydrogens is 350 g/mol. The molecule has 1 amide bonds. The zero-order chi connectivity index (χ0) is 19.2. The summed E-state index contributed by atoms with van der Waals surface area (Å²) in [6.07, 6.45) is 1.36. The van der Waals surface area contributed by atoms with E-state index in [1.165, 1.54) is 23.0 Å². The van der Waals surface area contributed by atoms with Crippen molar-refractivity contribution < 1.29 is 9.72 Å². The predicted octanol–water partition coefficient (Wildman–Crippen LogP) is 1.53. The first-order valence-corrected chi connectivity index (χ1v) is 8.24. The fourth-order valence-electron chi connectivity index (χ4n) is 2.54. The van der Waals surface area contributed by atoms with Crippen LogP contribution in [0.3, 0.4) is 0 Å². The minimum Gasteiger partial charge on any atom is -0.383 e. The Bertz CT molecular complexity index is 1030. The molecule has 9 nitrogen and oxygen atoms in total. The van der Waals surface area contributed by atoms with Crippen molar-refractivity contribution in [3.05, 3.63) is 75.3 Å². The Morgan fingerprint density at radius 1 is 1.11 bits per heavy atom. The summed E-state index contributed by atoms with van der Waals surface area (Å²) in [5, 5.41) is 16.8. The Hall–Kier alpha value is -3.75. The monoisotopic (exact) mass is 367 g/mol. The Kier molecular flexibility index (Phi) is 5.41. The zero-order valence-corrected chi connectivity index (χ0v) is 14.3. The lowest BCUT2D eigenvalue weighted by Gasteiger charge is -2.09. The number of hydrogen-bond acceptors (Lipinski definition) is 6. The molecule has 0 spiro atoms. The van der Waals surface area contributed by atoms with E-state index in [0.717, 1.165) is 0 Å². The molecule has 0 radical (unpaired) electrons. The third-order valence-electron chi connectivity index (χ3n) is 3.90. The minimum absolute atomic E-state index is 0.0169. The van der Waals surface area contributed by atoms with Gasteiger partial charge in [0, 0.05) is 30.9 Å². The number of non-ortho nitro benzene ring substituents is 1. The second-order valence-corrected chi connectivity index (χ2v) is 5.78. The molecule has 9 heteroatoms. The van der Waals surface area contributed by atoms with Gasteiger partial charge in [-0.3, -0.25) is 24.3 Å². The molecule has 0 aliphatic rings. The molecule has 3 rings (SSSR count). The summed E-state index contributed by atoms with van der Waals surface area (Å²) in [6.45, 7) is 0.661. The molecule has 0 aliphatic heterocycles. The van der Waals surface area contributed by atoms with E-state index in [9.17, 15) is 19.7 Å². The van der Waals surface area contributed by atoms with Crippen molar-refractivity contribution in [3.8, 4) is 0 Å². The van der Waals surface area contributed by atoms with Crippen LogP contribution in [0.25, 0.3) is 10.9 Å². The van der Waals surface area contributed by atoms with Crippen LogP contribution in [0.4, 0.5) is 11.4 Å². The van der Waals surface area contributed by atoms with Gasteiger partial charge < -0.3 is 10.6 Å². The van der Waals surface area contributed by atoms with Crippen molar-refractivity contribution in [1.82, 2.24) is 14.9 Å². The summed E-state index contributed by atoms with van der Waals surface area (Å²) < 4.78 is 1.27. The van der Waals surface area contributed by atoms with Gasteiger partial charge in [0.25, 0.3) is 11.2 Å². The second kappa shape index (κ2) is 8.09. The SMILES string of the molecule is O=C(Cn1cnc2ccccc2c1=O)NCCNc1ccc([N+](=O)[O-])cc1. The fourth-order valence-corrected chi connectivity index (χ4v) is 2.54. The molecule has 1 heterocycles. The van der Waals surface area contributed by atoms with E-state index in [1.807, 2.05) is 0 Å². The molecule has 0 atom stereocenters. The molecule has 138 valence electrons. The Morgan fingerprint density at radius 3 is 2.59 bits per heavy atom. The van der Waals surface area contributed by atoms with Crippen LogP contribution in [0.2, 0.25) is 0 Å². The number of nitro benzene ring substituents is 1. The highest BCUT2D eigenvalue weighted by Gasteiger charge is 2.08. The van der Waals surface area contributed by atoms with E-state index in [4.69, 9.17) is 0 Å². The molecule has 0 aliphatic carbocycles. The van der Waals surface area contributed by atoms with Crippen molar-refractivity contribution in [2.45, 2.75) is 6.54 Å². The number of nitro groups is 1. The molecule has 2 aromatic carbocycles. The molecule has 0 saturated heterocycles. The van der Waals surface area contributed by atoms with Crippen LogP contribution in [0.1, 0.15) is 0 Å². The number of amides is 1. The molecule has 0 unspecified atom stereocenters. The number of rotatable bonds is 7. The summed E-state index contributed by atoms with van der Waals surface area (Å²) in [4.78, 5) is 38.7. The van der Waals surface area contributed by atoms with E-state index in [1.54, 1.807) is 36.4 Å². The van der Waals surface area contributed by atoms with Gasteiger partial charge in [0.2, 0.25) is 5.91 Å². The molecule has 0 saturated carbocycles. The normalized spacial score (nSPS) is 10.5. The number of nitrogens with one attached hydrogen (secondary N) is 2. The number of carbonyl (C=O) groups is 1. The topological polar surface area (TPSA) is 119 Å². The van der Waals surface area contributed by atoms with Crippen molar-refractivity contribution in [2.75, 3.05) is 18.4 Å². The molecule has 2 N–H and O–H groups in total. The average Bonchev–Trinajstić information content (AvgIpc) is 2.68. The van der Waals surface area contributed by atoms with Crippen molar-refractivity contribution >= 4 is 28.2 Å². The summed E-state index contributed by atoms with van der Waals surface area (Å²) in [7, 11) is 0. The average molecular weight is 367 g/mol. The lowest BCUT2D eigenvalue weighted by molar-refractivity contribution is -0.384. The number of para-hydroxylation sites is 1. The number of carbonyl (C=O) groups excluding carboxylic acids is 1. The highest BCUT2D eigenvalue weighted by Crippen LogP contribution is 2.14. The van der Waals surface area contributed by atoms with E-state index >= 15 is 0 Å². The molecular formula is C18H17N5O4. The molecule has 0 bridgehead atoms. The van der Waals surface area contributed by atoms with Crippen molar-refractivity contribution in [3.63, 3.8) is 0 Å². The first kappa shape index (κ1) is 18.1. The van der Waals surface area contributed by atoms with Crippen LogP contribution in [-0.2, 0) is 11.3 Å². The van der Waals surface area contributed by atoms with Gasteiger partial charge in [-0.15, -0.1) is 0 Å². The third-order valence-corrected chi connectivity index (χ3v) is 3.90. The van der Waals surface area contributed by atoms with Gasteiger partial charge in [-0.2, -0.15) is 0 Å². The van der Waals surface area contributed by atoms with E-state index < -0.39 is 4.92 Å². The number of benzene rings is 2. The maximum absolute atomic E-state index is 12.3. The van der Waals surface area contributed by atoms with Gasteiger partial charge in [-0.1, -0.05) is 12.1 Å². The van der Waals surface area contributed by atoms with Gasteiger partial charge in [0.15, 0.2) is 0 Å². The summed E-state index contributed by atoms with van der Waals surface area (Å²) >= 11 is 0. The number of anilines is 1. The molecule has 27 heavy (non-hydrogen) atoms. The number of fused-ring (bicyclic) bond motifs is 1. The summed E-state index contributed by atoms with van der Waals surface area (Å²) in [5.74, 6) is -0.306.